The quantitative estimate of drug-likeness (QED) is 0.524. The highest BCUT2D eigenvalue weighted by molar-refractivity contribution is 5.11. The summed E-state index contributed by atoms with van der Waals surface area (Å²) in [5.74, 6) is 2.69. The van der Waals surface area contributed by atoms with Gasteiger partial charge in [0, 0.05) is 0 Å². The van der Waals surface area contributed by atoms with Crippen molar-refractivity contribution in [2.75, 3.05) is 0 Å². The molecule has 0 aromatic rings. The Labute approximate surface area is 178 Å². The molecule has 10 atom stereocenters. The summed E-state index contributed by atoms with van der Waals surface area (Å²) in [7, 11) is 0. The number of aliphatic hydroxyl groups is 3. The first-order chi connectivity index (χ1) is 13.8. The molecule has 0 radical (unpaired) electrons. The minimum Gasteiger partial charge on any atom is -0.393 e. The summed E-state index contributed by atoms with van der Waals surface area (Å²) >= 11 is 0. The lowest BCUT2D eigenvalue weighted by atomic mass is 9.44. The van der Waals surface area contributed by atoms with Crippen LogP contribution in [0.4, 0.5) is 0 Å². The van der Waals surface area contributed by atoms with E-state index < -0.39 is 0 Å². The van der Waals surface area contributed by atoms with Crippen LogP contribution in [0.25, 0.3) is 0 Å². The van der Waals surface area contributed by atoms with Gasteiger partial charge in [0.15, 0.2) is 0 Å². The van der Waals surface area contributed by atoms with E-state index in [1.807, 2.05) is 0 Å². The number of unbranched alkanes of at least 4 members (excludes halogenated alkanes) is 3. The first-order valence-electron chi connectivity index (χ1n) is 12.9. The molecule has 0 aromatic heterocycles. The molecule has 0 heterocycles. The Hall–Kier alpha value is -0.120. The van der Waals surface area contributed by atoms with Crippen LogP contribution in [0.15, 0.2) is 0 Å². The van der Waals surface area contributed by atoms with Gasteiger partial charge in [-0.2, -0.15) is 0 Å². The predicted molar refractivity (Wildman–Crippen MR) is 117 cm³/mol. The minimum absolute atomic E-state index is 0.139. The largest absolute Gasteiger partial charge is 0.393 e. The second-order valence-electron chi connectivity index (χ2n) is 11.9. The highest BCUT2D eigenvalue weighted by atomic mass is 16.3. The summed E-state index contributed by atoms with van der Waals surface area (Å²) in [6.45, 7) is 7.15. The fourth-order valence-corrected chi connectivity index (χ4v) is 8.93. The van der Waals surface area contributed by atoms with E-state index in [4.69, 9.17) is 0 Å². The SMILES string of the molecule is CCCCCCC(O)C1CCC2C3CC(O)C4CC(O)CCC4(C)C3CCC12C. The first-order valence-corrected chi connectivity index (χ1v) is 12.9. The Bertz CT molecular complexity index is 564. The first kappa shape index (κ1) is 22.1. The van der Waals surface area contributed by atoms with Gasteiger partial charge < -0.3 is 15.3 Å². The molecule has 0 amide bonds. The molecule has 3 nitrogen and oxygen atoms in total. The molecule has 10 unspecified atom stereocenters. The second kappa shape index (κ2) is 8.43. The Morgan fingerprint density at radius 3 is 2.31 bits per heavy atom. The van der Waals surface area contributed by atoms with Crippen molar-refractivity contribution in [3.05, 3.63) is 0 Å². The zero-order chi connectivity index (χ0) is 20.8. The van der Waals surface area contributed by atoms with Crippen LogP contribution in [0, 0.1) is 40.4 Å². The lowest BCUT2D eigenvalue weighted by Gasteiger charge is -2.62. The molecule has 0 saturated heterocycles. The molecule has 0 aromatic carbocycles. The number of hydrogen-bond donors (Lipinski definition) is 3. The van der Waals surface area contributed by atoms with E-state index in [-0.39, 0.29) is 35.1 Å². The van der Waals surface area contributed by atoms with Gasteiger partial charge in [0.25, 0.3) is 0 Å². The molecule has 0 spiro atoms. The highest BCUT2D eigenvalue weighted by Crippen LogP contribution is 2.67. The maximum atomic E-state index is 11.1. The summed E-state index contributed by atoms with van der Waals surface area (Å²) in [5.41, 5.74) is 0.447. The molecule has 168 valence electrons. The van der Waals surface area contributed by atoms with Crippen LogP contribution < -0.4 is 0 Å². The van der Waals surface area contributed by atoms with E-state index in [1.165, 1.54) is 51.4 Å². The molecular formula is C26H46O3. The second-order valence-corrected chi connectivity index (χ2v) is 11.9. The summed E-state index contributed by atoms with van der Waals surface area (Å²) < 4.78 is 0. The lowest BCUT2D eigenvalue weighted by Crippen LogP contribution is -2.58. The summed E-state index contributed by atoms with van der Waals surface area (Å²) in [6.07, 6.45) is 13.9. The number of rotatable bonds is 6. The van der Waals surface area contributed by atoms with Crippen LogP contribution >= 0.6 is 0 Å². The van der Waals surface area contributed by atoms with E-state index in [0.29, 0.717) is 23.7 Å². The Balaban J connectivity index is 1.48. The number of hydrogen-bond acceptors (Lipinski definition) is 3. The van der Waals surface area contributed by atoms with Gasteiger partial charge in [-0.25, -0.2) is 0 Å². The molecule has 4 fully saturated rings. The maximum absolute atomic E-state index is 11.1. The highest BCUT2D eigenvalue weighted by Gasteiger charge is 2.62. The molecule has 0 aliphatic heterocycles. The van der Waals surface area contributed by atoms with Crippen LogP contribution in [0.3, 0.4) is 0 Å². The standard InChI is InChI=1S/C26H46O3/c1-4-5-6-7-8-23(28)21-10-9-19-18-16-24(29)22-15-17(27)11-13-26(22,3)20(18)12-14-25(19,21)2/h17-24,27-29H,4-16H2,1-3H3. The molecular weight excluding hydrogens is 360 g/mol. The van der Waals surface area contributed by atoms with E-state index in [0.717, 1.165) is 32.1 Å². The maximum Gasteiger partial charge on any atom is 0.0577 e. The van der Waals surface area contributed by atoms with Crippen molar-refractivity contribution in [2.24, 2.45) is 40.4 Å². The molecule has 4 aliphatic rings. The molecule has 0 bridgehead atoms. The third kappa shape index (κ3) is 3.72. The zero-order valence-electron chi connectivity index (χ0n) is 19.2. The molecule has 3 heteroatoms. The monoisotopic (exact) mass is 406 g/mol. The minimum atomic E-state index is -0.253. The Kier molecular flexibility index (Phi) is 6.42. The van der Waals surface area contributed by atoms with E-state index in [1.54, 1.807) is 0 Å². The predicted octanol–water partition coefficient (Wildman–Crippen LogP) is 5.31. The van der Waals surface area contributed by atoms with Crippen molar-refractivity contribution in [3.63, 3.8) is 0 Å². The van der Waals surface area contributed by atoms with Gasteiger partial charge in [-0.1, -0.05) is 46.5 Å². The van der Waals surface area contributed by atoms with E-state index >= 15 is 0 Å². The lowest BCUT2D eigenvalue weighted by molar-refractivity contribution is -0.174. The molecule has 4 aliphatic carbocycles. The third-order valence-electron chi connectivity index (χ3n) is 10.5. The molecule has 4 rings (SSSR count). The summed E-state index contributed by atoms with van der Waals surface area (Å²) in [6, 6.07) is 0. The zero-order valence-corrected chi connectivity index (χ0v) is 19.2. The van der Waals surface area contributed by atoms with Crippen molar-refractivity contribution in [3.8, 4) is 0 Å². The van der Waals surface area contributed by atoms with E-state index in [2.05, 4.69) is 20.8 Å². The van der Waals surface area contributed by atoms with Crippen LogP contribution in [0.2, 0.25) is 0 Å². The summed E-state index contributed by atoms with van der Waals surface area (Å²) in [5, 5.41) is 32.4. The van der Waals surface area contributed by atoms with Gasteiger partial charge in [-0.15, -0.1) is 0 Å². The fourth-order valence-electron chi connectivity index (χ4n) is 8.93. The van der Waals surface area contributed by atoms with Crippen molar-refractivity contribution < 1.29 is 15.3 Å². The van der Waals surface area contributed by atoms with Gasteiger partial charge in [0.1, 0.15) is 0 Å². The van der Waals surface area contributed by atoms with Crippen molar-refractivity contribution in [1.29, 1.82) is 0 Å². The average molecular weight is 407 g/mol. The topological polar surface area (TPSA) is 60.7 Å². The normalized spacial score (nSPS) is 50.5. The number of aliphatic hydroxyl groups excluding tert-OH is 3. The van der Waals surface area contributed by atoms with Crippen molar-refractivity contribution in [1.82, 2.24) is 0 Å². The summed E-state index contributed by atoms with van der Waals surface area (Å²) in [4.78, 5) is 0. The van der Waals surface area contributed by atoms with Gasteiger partial charge in [0.2, 0.25) is 0 Å². The van der Waals surface area contributed by atoms with Crippen LogP contribution in [0.1, 0.15) is 104 Å². The van der Waals surface area contributed by atoms with Crippen molar-refractivity contribution in [2.45, 2.75) is 123 Å². The molecule has 4 saturated carbocycles. The van der Waals surface area contributed by atoms with Crippen LogP contribution in [-0.4, -0.2) is 33.6 Å². The third-order valence-corrected chi connectivity index (χ3v) is 10.5. The molecule has 3 N–H and O–H groups in total. The van der Waals surface area contributed by atoms with Gasteiger partial charge in [0.05, 0.1) is 18.3 Å². The fraction of sp³-hybridized carbons (Fsp3) is 1.00. The molecule has 29 heavy (non-hydrogen) atoms. The van der Waals surface area contributed by atoms with E-state index in [9.17, 15) is 15.3 Å². The smallest absolute Gasteiger partial charge is 0.0577 e. The van der Waals surface area contributed by atoms with Gasteiger partial charge in [-0.05, 0) is 98.2 Å². The average Bonchev–Trinajstić information content (AvgIpc) is 3.04. The van der Waals surface area contributed by atoms with Gasteiger partial charge >= 0.3 is 0 Å². The van der Waals surface area contributed by atoms with Crippen LogP contribution in [0.5, 0.6) is 0 Å². The van der Waals surface area contributed by atoms with Crippen LogP contribution in [-0.2, 0) is 0 Å². The van der Waals surface area contributed by atoms with Gasteiger partial charge in [-0.3, -0.25) is 0 Å². The Morgan fingerprint density at radius 1 is 0.828 bits per heavy atom. The number of fused-ring (bicyclic) bond motifs is 5. The van der Waals surface area contributed by atoms with Crippen molar-refractivity contribution >= 4 is 0 Å². The Morgan fingerprint density at radius 2 is 1.55 bits per heavy atom.